The van der Waals surface area contributed by atoms with Gasteiger partial charge in [-0.2, -0.15) is 0 Å². The molecule has 0 radical (unpaired) electrons. The monoisotopic (exact) mass is 470 g/mol. The standard InChI is InChI=1S/C4H6I2O2Te/c5-3(6)1-2-4(7)8-9/h3,9H,1-2H2. The van der Waals surface area contributed by atoms with Gasteiger partial charge >= 0.3 is 96.5 Å². The molecule has 0 fully saturated rings. The molecule has 0 saturated heterocycles. The quantitative estimate of drug-likeness (QED) is 0.356. The Hall–Kier alpha value is 1.72. The number of carbonyl (C=O) groups is 1. The van der Waals surface area contributed by atoms with Gasteiger partial charge in [0.2, 0.25) is 0 Å². The third-order valence-electron chi connectivity index (χ3n) is 0.668. The first-order valence-electron chi connectivity index (χ1n) is 2.29. The van der Waals surface area contributed by atoms with Gasteiger partial charge in [-0.1, -0.05) is 0 Å². The van der Waals surface area contributed by atoms with Crippen LogP contribution in [0.4, 0.5) is 0 Å². The minimum atomic E-state index is -0.0951. The summed E-state index contributed by atoms with van der Waals surface area (Å²) in [6.07, 6.45) is 1.45. The van der Waals surface area contributed by atoms with Crippen molar-refractivity contribution < 1.29 is 7.90 Å². The molecule has 0 bridgehead atoms. The van der Waals surface area contributed by atoms with Crippen LogP contribution in [0, 0.1) is 0 Å². The van der Waals surface area contributed by atoms with Gasteiger partial charge in [0.1, 0.15) is 0 Å². The zero-order valence-electron chi connectivity index (χ0n) is 4.51. The van der Waals surface area contributed by atoms with E-state index in [1.54, 1.807) is 0 Å². The maximum atomic E-state index is 10.5. The molecule has 0 aliphatic rings. The van der Waals surface area contributed by atoms with Gasteiger partial charge in [-0.3, -0.25) is 0 Å². The fourth-order valence-corrected chi connectivity index (χ4v) is 1.16. The van der Waals surface area contributed by atoms with Crippen molar-refractivity contribution in [2.75, 3.05) is 0 Å². The van der Waals surface area contributed by atoms with E-state index < -0.39 is 0 Å². The van der Waals surface area contributed by atoms with Crippen LogP contribution in [0.25, 0.3) is 0 Å². The van der Waals surface area contributed by atoms with Gasteiger partial charge in [0, 0.05) is 0 Å². The van der Waals surface area contributed by atoms with Crippen molar-refractivity contribution >= 4 is 73.9 Å². The van der Waals surface area contributed by atoms with E-state index in [1.807, 2.05) is 0 Å². The molecule has 0 N–H and O–H groups in total. The summed E-state index contributed by atoms with van der Waals surface area (Å²) in [4.78, 5) is 10.5. The van der Waals surface area contributed by atoms with Crippen molar-refractivity contribution in [3.8, 4) is 0 Å². The second-order valence-electron chi connectivity index (χ2n) is 1.39. The first-order chi connectivity index (χ1) is 4.16. The van der Waals surface area contributed by atoms with E-state index in [2.05, 4.69) is 48.3 Å². The summed E-state index contributed by atoms with van der Waals surface area (Å²) in [5, 5.41) is 0. The molecule has 54 valence electrons. The third kappa shape index (κ3) is 7.62. The van der Waals surface area contributed by atoms with Crippen LogP contribution < -0.4 is 0 Å². The number of halogens is 2. The Morgan fingerprint density at radius 1 is 1.67 bits per heavy atom. The van der Waals surface area contributed by atoms with Crippen molar-refractivity contribution in [3.05, 3.63) is 0 Å². The molecule has 0 aliphatic heterocycles. The average Bonchev–Trinajstić information content (AvgIpc) is 1.83. The SMILES string of the molecule is O=C(CCC(I)I)O[TeH]. The van der Waals surface area contributed by atoms with Crippen molar-refractivity contribution in [1.29, 1.82) is 0 Å². The molecule has 0 amide bonds. The molecule has 0 aliphatic carbocycles. The van der Waals surface area contributed by atoms with Gasteiger partial charge in [0.15, 0.2) is 0 Å². The van der Waals surface area contributed by atoms with Crippen LogP contribution in [0.5, 0.6) is 0 Å². The predicted octanol–water partition coefficient (Wildman–Crippen LogP) is 1.32. The third-order valence-corrected chi connectivity index (χ3v) is 2.50. The van der Waals surface area contributed by atoms with E-state index in [4.69, 9.17) is 0 Å². The summed E-state index contributed by atoms with van der Waals surface area (Å²) in [5.74, 6) is -0.0951. The van der Waals surface area contributed by atoms with Crippen LogP contribution in [-0.4, -0.2) is 30.6 Å². The number of hydrogen-bond donors (Lipinski definition) is 0. The Morgan fingerprint density at radius 3 is 2.56 bits per heavy atom. The Kier molecular flexibility index (Phi) is 7.66. The molecule has 0 rings (SSSR count). The van der Waals surface area contributed by atoms with Crippen LogP contribution in [0.2, 0.25) is 0 Å². The fourth-order valence-electron chi connectivity index (χ4n) is 0.273. The summed E-state index contributed by atoms with van der Waals surface area (Å²) in [6, 6.07) is 0. The Bertz CT molecular complexity index is 96.6. The summed E-state index contributed by atoms with van der Waals surface area (Å²) < 4.78 is 5.04. The number of rotatable bonds is 3. The Labute approximate surface area is 95.2 Å². The zero-order valence-corrected chi connectivity index (χ0v) is 11.4. The molecule has 0 spiro atoms. The van der Waals surface area contributed by atoms with Crippen molar-refractivity contribution in [3.63, 3.8) is 0 Å². The number of carbonyl (C=O) groups excluding carboxylic acids is 1. The van der Waals surface area contributed by atoms with Crippen LogP contribution in [-0.2, 0) is 7.90 Å². The van der Waals surface area contributed by atoms with E-state index >= 15 is 0 Å². The zero-order chi connectivity index (χ0) is 7.28. The van der Waals surface area contributed by atoms with Crippen molar-refractivity contribution in [2.45, 2.75) is 14.8 Å². The van der Waals surface area contributed by atoms with Gasteiger partial charge in [0.05, 0.1) is 0 Å². The van der Waals surface area contributed by atoms with Crippen molar-refractivity contribution in [1.82, 2.24) is 0 Å². The predicted molar refractivity (Wildman–Crippen MR) is 54.3 cm³/mol. The molecular formula is C4H6I2O2Te. The summed E-state index contributed by atoms with van der Waals surface area (Å²) in [5.41, 5.74) is 0. The Morgan fingerprint density at radius 2 is 2.22 bits per heavy atom. The van der Waals surface area contributed by atoms with Crippen molar-refractivity contribution in [2.24, 2.45) is 0 Å². The van der Waals surface area contributed by atoms with Crippen LogP contribution in [0.3, 0.4) is 0 Å². The maximum absolute atomic E-state index is 10.5. The molecule has 0 aromatic heterocycles. The van der Waals surface area contributed by atoms with Gasteiger partial charge in [0.25, 0.3) is 0 Å². The van der Waals surface area contributed by atoms with Gasteiger partial charge in [-0.25, -0.2) is 0 Å². The van der Waals surface area contributed by atoms with E-state index in [0.29, 0.717) is 8.35 Å². The Balaban J connectivity index is 3.17. The average molecular weight is 467 g/mol. The molecule has 0 unspecified atom stereocenters. The van der Waals surface area contributed by atoms with Gasteiger partial charge < -0.3 is 0 Å². The number of hydrogen-bond acceptors (Lipinski definition) is 2. The molecule has 9 heavy (non-hydrogen) atoms. The summed E-state index contributed by atoms with van der Waals surface area (Å²) >= 11 is 5.65. The van der Waals surface area contributed by atoms with Crippen LogP contribution in [0.1, 0.15) is 12.8 Å². The molecule has 0 saturated carbocycles. The molecule has 5 heteroatoms. The second kappa shape index (κ2) is 6.43. The van der Waals surface area contributed by atoms with Gasteiger partial charge in [-0.05, 0) is 0 Å². The van der Waals surface area contributed by atoms with E-state index in [0.717, 1.165) is 29.1 Å². The van der Waals surface area contributed by atoms with E-state index in [9.17, 15) is 4.79 Å². The van der Waals surface area contributed by atoms with Crippen LogP contribution >= 0.6 is 45.2 Å². The van der Waals surface area contributed by atoms with Crippen LogP contribution in [0.15, 0.2) is 0 Å². The van der Waals surface area contributed by atoms with Gasteiger partial charge in [-0.15, -0.1) is 0 Å². The molecule has 0 atom stereocenters. The molecule has 0 aromatic carbocycles. The first kappa shape index (κ1) is 10.7. The normalized spacial score (nSPS) is 9.78. The summed E-state index contributed by atoms with van der Waals surface area (Å²) in [7, 11) is 0. The molecule has 2 nitrogen and oxygen atoms in total. The van der Waals surface area contributed by atoms with E-state index in [-0.39, 0.29) is 5.97 Å². The topological polar surface area (TPSA) is 26.3 Å². The molecule has 0 aromatic rings. The summed E-state index contributed by atoms with van der Waals surface area (Å²) in [6.45, 7) is 0. The molecular weight excluding hydrogens is 461 g/mol. The second-order valence-corrected chi connectivity index (χ2v) is 7.30. The number of alkyl halides is 2. The van der Waals surface area contributed by atoms with E-state index in [1.165, 1.54) is 0 Å². The minimum absolute atomic E-state index is 0.0951. The fraction of sp³-hybridized carbons (Fsp3) is 0.750. The first-order valence-corrected chi connectivity index (χ1v) is 5.82. The molecule has 0 heterocycles.